The summed E-state index contributed by atoms with van der Waals surface area (Å²) in [4.78, 5) is 19.5. The molecular weight excluding hydrogens is 669 g/mol. The fraction of sp³-hybridized carbons (Fsp3) is 0.0588. The molecule has 9 aromatic rings. The van der Waals surface area contributed by atoms with Gasteiger partial charge in [0.1, 0.15) is 0 Å². The molecule has 10 rings (SSSR count). The van der Waals surface area contributed by atoms with E-state index in [2.05, 4.69) is 129 Å². The number of hydrogen-bond acceptors (Lipinski definition) is 4. The first-order valence-corrected chi connectivity index (χ1v) is 18.7. The van der Waals surface area contributed by atoms with Gasteiger partial charge < -0.3 is 0 Å². The minimum atomic E-state index is -0.0890. The number of nitrogens with zero attached hydrogens (tertiary/aromatic N) is 4. The van der Waals surface area contributed by atoms with Crippen LogP contribution >= 0.6 is 0 Å². The molecule has 0 saturated carbocycles. The summed E-state index contributed by atoms with van der Waals surface area (Å²) >= 11 is 0. The molecule has 0 N–H and O–H groups in total. The molecule has 0 saturated heterocycles. The third-order valence-corrected chi connectivity index (χ3v) is 11.0. The molecule has 4 nitrogen and oxygen atoms in total. The highest BCUT2D eigenvalue weighted by atomic mass is 15.0. The smallest absolute Gasteiger partial charge is 0.165 e. The second-order valence-corrected chi connectivity index (χ2v) is 14.7. The van der Waals surface area contributed by atoms with Crippen molar-refractivity contribution < 1.29 is 0 Å². The summed E-state index contributed by atoms with van der Waals surface area (Å²) in [5.74, 6) is 1.83. The number of aromatic nitrogens is 4. The van der Waals surface area contributed by atoms with E-state index in [9.17, 15) is 0 Å². The lowest BCUT2D eigenvalue weighted by Crippen LogP contribution is -2.15. The van der Waals surface area contributed by atoms with Crippen LogP contribution in [0.25, 0.3) is 89.6 Å². The largest absolute Gasteiger partial charge is 0.255 e. The van der Waals surface area contributed by atoms with E-state index in [1.807, 2.05) is 66.9 Å². The first-order valence-electron chi connectivity index (χ1n) is 18.7. The lowest BCUT2D eigenvalue weighted by atomic mass is 9.79. The lowest BCUT2D eigenvalue weighted by molar-refractivity contribution is 0.666. The van der Waals surface area contributed by atoms with Gasteiger partial charge in [0.05, 0.1) is 5.69 Å². The van der Waals surface area contributed by atoms with E-state index >= 15 is 0 Å². The van der Waals surface area contributed by atoms with Gasteiger partial charge in [0.2, 0.25) is 0 Å². The predicted molar refractivity (Wildman–Crippen MR) is 225 cm³/mol. The number of hydrogen-bond donors (Lipinski definition) is 0. The van der Waals surface area contributed by atoms with Crippen molar-refractivity contribution in [1.29, 1.82) is 0 Å². The van der Waals surface area contributed by atoms with Crippen molar-refractivity contribution in [2.75, 3.05) is 0 Å². The van der Waals surface area contributed by atoms with Crippen LogP contribution in [-0.2, 0) is 5.41 Å². The molecule has 0 aliphatic heterocycles. The first kappa shape index (κ1) is 32.6. The van der Waals surface area contributed by atoms with E-state index in [0.717, 1.165) is 39.1 Å². The van der Waals surface area contributed by atoms with Crippen LogP contribution in [0.4, 0.5) is 0 Å². The minimum Gasteiger partial charge on any atom is -0.255 e. The number of pyridine rings is 1. The molecule has 4 heteroatoms. The molecule has 2 aromatic heterocycles. The van der Waals surface area contributed by atoms with Gasteiger partial charge in [-0.25, -0.2) is 15.0 Å². The molecule has 0 unspecified atom stereocenters. The molecule has 1 aliphatic rings. The van der Waals surface area contributed by atoms with E-state index < -0.39 is 0 Å². The van der Waals surface area contributed by atoms with Crippen LogP contribution in [0.15, 0.2) is 182 Å². The van der Waals surface area contributed by atoms with Crippen molar-refractivity contribution in [1.82, 2.24) is 19.9 Å². The second-order valence-electron chi connectivity index (χ2n) is 14.7. The van der Waals surface area contributed by atoms with Crippen molar-refractivity contribution in [3.63, 3.8) is 0 Å². The van der Waals surface area contributed by atoms with Crippen LogP contribution in [0.5, 0.6) is 0 Å². The van der Waals surface area contributed by atoms with E-state index in [1.165, 1.54) is 44.2 Å². The Morgan fingerprint density at radius 2 is 0.873 bits per heavy atom. The summed E-state index contributed by atoms with van der Waals surface area (Å²) in [6.45, 7) is 4.73. The van der Waals surface area contributed by atoms with E-state index in [4.69, 9.17) is 19.9 Å². The van der Waals surface area contributed by atoms with Gasteiger partial charge >= 0.3 is 0 Å². The van der Waals surface area contributed by atoms with Gasteiger partial charge in [0.15, 0.2) is 17.5 Å². The third-order valence-electron chi connectivity index (χ3n) is 11.0. The van der Waals surface area contributed by atoms with Gasteiger partial charge in [-0.15, -0.1) is 0 Å². The lowest BCUT2D eigenvalue weighted by Gasteiger charge is -2.23. The Hall–Kier alpha value is -7.04. The summed E-state index contributed by atoms with van der Waals surface area (Å²) in [5.41, 5.74) is 14.8. The first-order chi connectivity index (χ1) is 27.0. The Labute approximate surface area is 320 Å². The van der Waals surface area contributed by atoms with Crippen LogP contribution in [0, 0.1) is 0 Å². The van der Waals surface area contributed by atoms with Crippen molar-refractivity contribution in [3.8, 4) is 78.8 Å². The molecule has 0 atom stereocenters. The van der Waals surface area contributed by atoms with Crippen LogP contribution in [0.1, 0.15) is 25.0 Å². The average Bonchev–Trinajstić information content (AvgIpc) is 3.50. The fourth-order valence-corrected chi connectivity index (χ4v) is 8.10. The van der Waals surface area contributed by atoms with Crippen LogP contribution in [0.2, 0.25) is 0 Å². The normalized spacial score (nSPS) is 12.7. The molecule has 1 aliphatic carbocycles. The summed E-state index contributed by atoms with van der Waals surface area (Å²) < 4.78 is 0. The third kappa shape index (κ3) is 5.80. The zero-order valence-electron chi connectivity index (χ0n) is 30.6. The molecule has 0 radical (unpaired) electrons. The molecule has 7 aromatic carbocycles. The quantitative estimate of drug-likeness (QED) is 0.173. The SMILES string of the molecule is CC1(C)c2cc(-c3ccc(-c4ccc(-c5nc(-c6ccccc6)nc(-c6ccc(-c7ccccc7)nc6)n5)cc4)cc3)ccc2-c2ccc3ccccc3c21. The second kappa shape index (κ2) is 13.1. The predicted octanol–water partition coefficient (Wildman–Crippen LogP) is 12.7. The maximum Gasteiger partial charge on any atom is 0.165 e. The van der Waals surface area contributed by atoms with Gasteiger partial charge in [0, 0.05) is 33.9 Å². The molecule has 2 heterocycles. The Morgan fingerprint density at radius 3 is 1.51 bits per heavy atom. The maximum atomic E-state index is 4.95. The molecular formula is C51H36N4. The highest BCUT2D eigenvalue weighted by Gasteiger charge is 2.37. The minimum absolute atomic E-state index is 0.0890. The fourth-order valence-electron chi connectivity index (χ4n) is 8.10. The van der Waals surface area contributed by atoms with E-state index in [1.54, 1.807) is 0 Å². The van der Waals surface area contributed by atoms with Gasteiger partial charge in [-0.05, 0) is 73.5 Å². The zero-order valence-corrected chi connectivity index (χ0v) is 30.6. The monoisotopic (exact) mass is 704 g/mol. The Morgan fingerprint density at radius 1 is 0.382 bits per heavy atom. The van der Waals surface area contributed by atoms with Gasteiger partial charge in [0.25, 0.3) is 0 Å². The van der Waals surface area contributed by atoms with E-state index in [0.29, 0.717) is 17.5 Å². The Bertz CT molecular complexity index is 2840. The zero-order chi connectivity index (χ0) is 36.9. The molecule has 0 spiro atoms. The van der Waals surface area contributed by atoms with Crippen molar-refractivity contribution in [3.05, 3.63) is 193 Å². The molecule has 0 amide bonds. The van der Waals surface area contributed by atoms with Gasteiger partial charge in [-0.3, -0.25) is 4.98 Å². The van der Waals surface area contributed by atoms with Crippen molar-refractivity contribution in [2.45, 2.75) is 19.3 Å². The Kier molecular flexibility index (Phi) is 7.77. The summed E-state index contributed by atoms with van der Waals surface area (Å²) in [6.07, 6.45) is 1.84. The average molecular weight is 705 g/mol. The Balaban J connectivity index is 0.938. The summed E-state index contributed by atoms with van der Waals surface area (Å²) in [5, 5.41) is 2.64. The summed E-state index contributed by atoms with van der Waals surface area (Å²) in [6, 6.07) is 61.9. The molecule has 55 heavy (non-hydrogen) atoms. The highest BCUT2D eigenvalue weighted by Crippen LogP contribution is 2.52. The number of benzene rings is 7. The maximum absolute atomic E-state index is 4.95. The number of fused-ring (bicyclic) bond motifs is 5. The number of rotatable bonds is 6. The molecule has 0 bridgehead atoms. The van der Waals surface area contributed by atoms with E-state index in [-0.39, 0.29) is 5.41 Å². The molecule has 260 valence electrons. The van der Waals surface area contributed by atoms with Crippen molar-refractivity contribution in [2.24, 2.45) is 0 Å². The standard InChI is InChI=1S/C51H36N4/c1-51(2)45-31-40(26-28-43(45)44-29-25-36-11-9-10-16-42(36)47(44)51)35-19-17-33(18-20-35)34-21-23-39(24-22-34)49-53-48(38-14-7-4-8-15-38)54-50(55-49)41-27-30-46(52-32-41)37-12-5-3-6-13-37/h3-32H,1-2H3. The van der Waals surface area contributed by atoms with Crippen LogP contribution in [0.3, 0.4) is 0 Å². The van der Waals surface area contributed by atoms with Crippen LogP contribution in [-0.4, -0.2) is 19.9 Å². The van der Waals surface area contributed by atoms with Crippen molar-refractivity contribution >= 4 is 10.8 Å². The summed E-state index contributed by atoms with van der Waals surface area (Å²) in [7, 11) is 0. The van der Waals surface area contributed by atoms with Crippen LogP contribution < -0.4 is 0 Å². The highest BCUT2D eigenvalue weighted by molar-refractivity contribution is 5.98. The van der Waals surface area contributed by atoms with Gasteiger partial charge in [-0.2, -0.15) is 0 Å². The van der Waals surface area contributed by atoms with Gasteiger partial charge in [-0.1, -0.05) is 172 Å². The molecule has 0 fully saturated rings. The topological polar surface area (TPSA) is 51.6 Å².